The number of piperidine rings is 1. The Hall–Kier alpha value is -3.05. The smallest absolute Gasteiger partial charge is 0.319 e. The standard InChI is InChI=1S/C27H30N4O/c1-2-27-14-8-15-30-16-13-22-21-11-6-7-12-23(21)31(24(22)25(27)30)20(17-27)18-28-26(32)29-19-9-4-3-5-10-19/h3-7,9-12,17,25H,2,8,13-16,18H2,1H3,(H2,28,29,32)/t25-,27+/m1/s1. The van der Waals surface area contributed by atoms with Crippen molar-refractivity contribution in [3.63, 3.8) is 0 Å². The summed E-state index contributed by atoms with van der Waals surface area (Å²) < 4.78 is 2.46. The average Bonchev–Trinajstić information content (AvgIpc) is 3.18. The minimum absolute atomic E-state index is 0.144. The van der Waals surface area contributed by atoms with E-state index >= 15 is 0 Å². The highest BCUT2D eigenvalue weighted by molar-refractivity contribution is 5.92. The highest BCUT2D eigenvalue weighted by atomic mass is 16.2. The monoisotopic (exact) mass is 426 g/mol. The van der Waals surface area contributed by atoms with Gasteiger partial charge in [-0.15, -0.1) is 0 Å². The molecule has 0 radical (unpaired) electrons. The van der Waals surface area contributed by atoms with Crippen molar-refractivity contribution in [2.24, 2.45) is 5.41 Å². The Morgan fingerprint density at radius 1 is 1.09 bits per heavy atom. The number of hydrogen-bond acceptors (Lipinski definition) is 2. The van der Waals surface area contributed by atoms with E-state index in [1.165, 1.54) is 47.2 Å². The molecular formula is C27H30N4O. The van der Waals surface area contributed by atoms with Crippen LogP contribution in [0.1, 0.15) is 43.5 Å². The van der Waals surface area contributed by atoms with Gasteiger partial charge in [-0.25, -0.2) is 4.79 Å². The molecule has 5 heteroatoms. The molecule has 32 heavy (non-hydrogen) atoms. The number of carbonyl (C=O) groups excluding carboxylic acids is 1. The van der Waals surface area contributed by atoms with E-state index in [1.54, 1.807) is 0 Å². The summed E-state index contributed by atoms with van der Waals surface area (Å²) in [6.07, 6.45) is 7.18. The SMILES string of the molecule is CC[C@@]12C=C(CNC(=O)Nc3ccccc3)n3c4c(c5ccccc53)CCN(CCC1)[C@H]42. The fraction of sp³-hybridized carbons (Fsp3) is 0.370. The quantitative estimate of drug-likeness (QED) is 0.586. The van der Waals surface area contributed by atoms with Gasteiger partial charge in [-0.1, -0.05) is 49.4 Å². The molecule has 2 aromatic carbocycles. The molecule has 0 bridgehead atoms. The van der Waals surface area contributed by atoms with Crippen LogP contribution in [0.5, 0.6) is 0 Å². The van der Waals surface area contributed by atoms with Crippen LogP contribution in [0, 0.1) is 5.41 Å². The molecule has 3 aromatic rings. The van der Waals surface area contributed by atoms with Gasteiger partial charge in [0.1, 0.15) is 0 Å². The molecule has 0 saturated carbocycles. The van der Waals surface area contributed by atoms with Crippen molar-refractivity contribution in [2.75, 3.05) is 25.0 Å². The van der Waals surface area contributed by atoms with E-state index in [4.69, 9.17) is 0 Å². The average molecular weight is 427 g/mol. The number of urea groups is 1. The molecular weight excluding hydrogens is 396 g/mol. The number of anilines is 1. The molecule has 2 atom stereocenters. The van der Waals surface area contributed by atoms with Crippen LogP contribution in [0.3, 0.4) is 0 Å². The predicted octanol–water partition coefficient (Wildman–Crippen LogP) is 5.41. The molecule has 6 rings (SSSR count). The number of amides is 2. The van der Waals surface area contributed by atoms with Crippen molar-refractivity contribution in [1.82, 2.24) is 14.8 Å². The molecule has 3 aliphatic heterocycles. The van der Waals surface area contributed by atoms with Crippen LogP contribution in [0.25, 0.3) is 16.6 Å². The van der Waals surface area contributed by atoms with E-state index in [0.29, 0.717) is 12.6 Å². The summed E-state index contributed by atoms with van der Waals surface area (Å²) in [4.78, 5) is 15.4. The van der Waals surface area contributed by atoms with E-state index in [2.05, 4.69) is 57.4 Å². The molecule has 2 N–H and O–H groups in total. The Bertz CT molecular complexity index is 1210. The van der Waals surface area contributed by atoms with Gasteiger partial charge in [-0.2, -0.15) is 0 Å². The number of aromatic nitrogens is 1. The maximum absolute atomic E-state index is 12.7. The summed E-state index contributed by atoms with van der Waals surface area (Å²) in [5.41, 5.74) is 6.41. The van der Waals surface area contributed by atoms with Gasteiger partial charge in [-0.3, -0.25) is 4.90 Å². The third-order valence-electron chi connectivity index (χ3n) is 7.79. The van der Waals surface area contributed by atoms with Crippen molar-refractivity contribution in [1.29, 1.82) is 0 Å². The van der Waals surface area contributed by atoms with Crippen LogP contribution >= 0.6 is 0 Å². The minimum Gasteiger partial charge on any atom is -0.332 e. The normalized spacial score (nSPS) is 24.0. The van der Waals surface area contributed by atoms with Gasteiger partial charge in [0.2, 0.25) is 0 Å². The summed E-state index contributed by atoms with van der Waals surface area (Å²) in [5.74, 6) is 0. The predicted molar refractivity (Wildman–Crippen MR) is 130 cm³/mol. The molecule has 164 valence electrons. The highest BCUT2D eigenvalue weighted by Crippen LogP contribution is 2.56. The Kier molecular flexibility index (Phi) is 4.61. The summed E-state index contributed by atoms with van der Waals surface area (Å²) in [7, 11) is 0. The minimum atomic E-state index is -0.166. The third kappa shape index (κ3) is 2.91. The lowest BCUT2D eigenvalue weighted by Gasteiger charge is -2.53. The Morgan fingerprint density at radius 3 is 2.75 bits per heavy atom. The Labute approximate surface area is 189 Å². The van der Waals surface area contributed by atoms with Gasteiger partial charge in [0, 0.05) is 34.4 Å². The number of rotatable bonds is 4. The maximum atomic E-state index is 12.7. The number of fused-ring (bicyclic) bond motifs is 3. The number of nitrogens with zero attached hydrogens (tertiary/aromatic N) is 2. The number of hydrogen-bond donors (Lipinski definition) is 2. The second kappa shape index (κ2) is 7.52. The van der Waals surface area contributed by atoms with Crippen molar-refractivity contribution in [3.8, 4) is 0 Å². The molecule has 0 spiro atoms. The van der Waals surface area contributed by atoms with Gasteiger partial charge in [-0.05, 0) is 56.0 Å². The largest absolute Gasteiger partial charge is 0.332 e. The van der Waals surface area contributed by atoms with Crippen LogP contribution < -0.4 is 10.6 Å². The Balaban J connectivity index is 1.40. The summed E-state index contributed by atoms with van der Waals surface area (Å²) in [6, 6.07) is 18.7. The van der Waals surface area contributed by atoms with Crippen molar-refractivity contribution < 1.29 is 4.79 Å². The lowest BCUT2D eigenvalue weighted by Crippen LogP contribution is -2.51. The summed E-state index contributed by atoms with van der Waals surface area (Å²) in [5, 5.41) is 7.45. The lowest BCUT2D eigenvalue weighted by molar-refractivity contribution is 0.0268. The summed E-state index contributed by atoms with van der Waals surface area (Å²) in [6.45, 7) is 5.18. The number of benzene rings is 2. The number of carbonyl (C=O) groups is 1. The molecule has 1 aromatic heterocycles. The van der Waals surface area contributed by atoms with Gasteiger partial charge < -0.3 is 15.2 Å². The van der Waals surface area contributed by atoms with E-state index < -0.39 is 0 Å². The van der Waals surface area contributed by atoms with Gasteiger partial charge in [0.25, 0.3) is 0 Å². The number of nitrogens with one attached hydrogen (secondary N) is 2. The molecule has 0 aliphatic carbocycles. The van der Waals surface area contributed by atoms with Crippen LogP contribution in [-0.2, 0) is 6.42 Å². The van der Waals surface area contributed by atoms with Crippen molar-refractivity contribution >= 4 is 28.3 Å². The van der Waals surface area contributed by atoms with Crippen LogP contribution in [0.2, 0.25) is 0 Å². The highest BCUT2D eigenvalue weighted by Gasteiger charge is 2.50. The first-order valence-electron chi connectivity index (χ1n) is 11.9. The first-order chi connectivity index (χ1) is 15.7. The van der Waals surface area contributed by atoms with Gasteiger partial charge in [0.15, 0.2) is 0 Å². The third-order valence-corrected chi connectivity index (χ3v) is 7.79. The van der Waals surface area contributed by atoms with E-state index in [9.17, 15) is 4.79 Å². The van der Waals surface area contributed by atoms with Crippen LogP contribution in [-0.4, -0.2) is 35.1 Å². The summed E-state index contributed by atoms with van der Waals surface area (Å²) >= 11 is 0. The van der Waals surface area contributed by atoms with Crippen molar-refractivity contribution in [2.45, 2.75) is 38.6 Å². The first-order valence-corrected chi connectivity index (χ1v) is 11.9. The second-order valence-electron chi connectivity index (χ2n) is 9.40. The zero-order valence-corrected chi connectivity index (χ0v) is 18.6. The van der Waals surface area contributed by atoms with E-state index in [0.717, 1.165) is 25.1 Å². The zero-order valence-electron chi connectivity index (χ0n) is 18.6. The zero-order chi connectivity index (χ0) is 21.7. The van der Waals surface area contributed by atoms with Gasteiger partial charge in [0.05, 0.1) is 18.1 Å². The second-order valence-corrected chi connectivity index (χ2v) is 9.40. The molecule has 4 heterocycles. The molecule has 0 unspecified atom stereocenters. The molecule has 2 amide bonds. The fourth-order valence-electron chi connectivity index (χ4n) is 6.39. The molecule has 3 aliphatic rings. The Morgan fingerprint density at radius 2 is 1.91 bits per heavy atom. The van der Waals surface area contributed by atoms with Gasteiger partial charge >= 0.3 is 6.03 Å². The van der Waals surface area contributed by atoms with Crippen LogP contribution in [0.15, 0.2) is 60.7 Å². The molecule has 5 nitrogen and oxygen atoms in total. The maximum Gasteiger partial charge on any atom is 0.319 e. The molecule has 1 fully saturated rings. The van der Waals surface area contributed by atoms with Crippen LogP contribution in [0.4, 0.5) is 10.5 Å². The number of para-hydroxylation sites is 2. The molecule has 1 saturated heterocycles. The first kappa shape index (κ1) is 19.6. The van der Waals surface area contributed by atoms with E-state index in [-0.39, 0.29) is 11.4 Å². The van der Waals surface area contributed by atoms with Crippen molar-refractivity contribution in [3.05, 3.63) is 71.9 Å². The fourth-order valence-corrected chi connectivity index (χ4v) is 6.39. The topological polar surface area (TPSA) is 49.3 Å². The lowest BCUT2D eigenvalue weighted by atomic mass is 9.66. The van der Waals surface area contributed by atoms with E-state index in [1.807, 2.05) is 30.3 Å².